The third-order valence-corrected chi connectivity index (χ3v) is 2.88. The minimum atomic E-state index is 0.192. The highest BCUT2D eigenvalue weighted by Gasteiger charge is 2.21. The van der Waals surface area contributed by atoms with Gasteiger partial charge in [-0.25, -0.2) is 0 Å². The Labute approximate surface area is 92.0 Å². The highest BCUT2D eigenvalue weighted by atomic mass is 16.5. The van der Waals surface area contributed by atoms with Crippen LogP contribution >= 0.6 is 0 Å². The van der Waals surface area contributed by atoms with Crippen molar-refractivity contribution in [1.29, 1.82) is 0 Å². The van der Waals surface area contributed by atoms with Gasteiger partial charge in [-0.3, -0.25) is 4.79 Å². The first kappa shape index (κ1) is 12.5. The number of piperidine rings is 1. The summed E-state index contributed by atoms with van der Waals surface area (Å²) in [5.41, 5.74) is 0. The molecular formula is C11H22N2O2. The molecule has 0 spiro atoms. The zero-order chi connectivity index (χ0) is 11.1. The van der Waals surface area contributed by atoms with E-state index in [4.69, 9.17) is 4.74 Å². The summed E-state index contributed by atoms with van der Waals surface area (Å²) in [4.78, 5) is 13.6. The van der Waals surface area contributed by atoms with Gasteiger partial charge < -0.3 is 15.0 Å². The molecule has 0 aliphatic carbocycles. The Morgan fingerprint density at radius 1 is 1.60 bits per heavy atom. The predicted octanol–water partition coefficient (Wildman–Crippen LogP) is 0.623. The first-order valence-corrected chi connectivity index (χ1v) is 5.79. The van der Waals surface area contributed by atoms with Gasteiger partial charge in [0, 0.05) is 26.2 Å². The maximum atomic E-state index is 11.7. The van der Waals surface area contributed by atoms with E-state index in [9.17, 15) is 4.79 Å². The summed E-state index contributed by atoms with van der Waals surface area (Å²) in [6.45, 7) is 5.18. The molecule has 1 heterocycles. The van der Waals surface area contributed by atoms with E-state index < -0.39 is 0 Å². The number of nitrogens with one attached hydrogen (secondary N) is 1. The van der Waals surface area contributed by atoms with Crippen molar-refractivity contribution in [3.63, 3.8) is 0 Å². The molecule has 1 rings (SSSR count). The zero-order valence-electron chi connectivity index (χ0n) is 9.79. The number of likely N-dealkylation sites (N-methyl/N-ethyl adjacent to an activating group) is 1. The van der Waals surface area contributed by atoms with Crippen LogP contribution < -0.4 is 5.32 Å². The molecule has 1 aliphatic heterocycles. The normalized spacial score (nSPS) is 21.3. The minimum absolute atomic E-state index is 0.192. The Kier molecular flexibility index (Phi) is 5.65. The molecule has 1 N–H and O–H groups in total. The number of amides is 1. The van der Waals surface area contributed by atoms with Gasteiger partial charge in [0.25, 0.3) is 0 Å². The van der Waals surface area contributed by atoms with E-state index in [1.54, 1.807) is 0 Å². The SMILES string of the molecule is CCOCCC(=O)N(C)C1CCCNC1. The largest absolute Gasteiger partial charge is 0.381 e. The van der Waals surface area contributed by atoms with Crippen molar-refractivity contribution in [2.45, 2.75) is 32.2 Å². The van der Waals surface area contributed by atoms with E-state index in [-0.39, 0.29) is 5.91 Å². The van der Waals surface area contributed by atoms with Gasteiger partial charge in [0.2, 0.25) is 5.91 Å². The lowest BCUT2D eigenvalue weighted by Gasteiger charge is -2.31. The highest BCUT2D eigenvalue weighted by molar-refractivity contribution is 5.76. The van der Waals surface area contributed by atoms with Crippen LogP contribution in [-0.4, -0.2) is 50.2 Å². The van der Waals surface area contributed by atoms with Gasteiger partial charge in [-0.15, -0.1) is 0 Å². The van der Waals surface area contributed by atoms with E-state index in [0.29, 0.717) is 25.7 Å². The molecule has 0 radical (unpaired) electrons. The third kappa shape index (κ3) is 4.18. The van der Waals surface area contributed by atoms with E-state index in [2.05, 4.69) is 5.32 Å². The molecule has 0 aromatic rings. The first-order chi connectivity index (χ1) is 7.25. The fourth-order valence-electron chi connectivity index (χ4n) is 1.85. The molecule has 4 nitrogen and oxygen atoms in total. The van der Waals surface area contributed by atoms with Gasteiger partial charge >= 0.3 is 0 Å². The third-order valence-electron chi connectivity index (χ3n) is 2.88. The zero-order valence-corrected chi connectivity index (χ0v) is 9.79. The number of nitrogens with zero attached hydrogens (tertiary/aromatic N) is 1. The predicted molar refractivity (Wildman–Crippen MR) is 59.8 cm³/mol. The smallest absolute Gasteiger partial charge is 0.224 e. The summed E-state index contributed by atoms with van der Waals surface area (Å²) in [6, 6.07) is 0.368. The molecular weight excluding hydrogens is 192 g/mol. The summed E-state index contributed by atoms with van der Waals surface area (Å²) in [6.07, 6.45) is 2.78. The van der Waals surface area contributed by atoms with Crippen molar-refractivity contribution in [1.82, 2.24) is 10.2 Å². The van der Waals surface area contributed by atoms with Crippen LogP contribution in [0.25, 0.3) is 0 Å². The van der Waals surface area contributed by atoms with Gasteiger partial charge in [-0.1, -0.05) is 0 Å². The summed E-state index contributed by atoms with van der Waals surface area (Å²) < 4.78 is 5.18. The van der Waals surface area contributed by atoms with Gasteiger partial charge in [-0.2, -0.15) is 0 Å². The highest BCUT2D eigenvalue weighted by Crippen LogP contribution is 2.09. The maximum Gasteiger partial charge on any atom is 0.224 e. The van der Waals surface area contributed by atoms with Crippen molar-refractivity contribution in [2.24, 2.45) is 0 Å². The molecule has 1 fully saturated rings. The van der Waals surface area contributed by atoms with Crippen LogP contribution in [0.3, 0.4) is 0 Å². The van der Waals surface area contributed by atoms with Gasteiger partial charge in [0.1, 0.15) is 0 Å². The molecule has 15 heavy (non-hydrogen) atoms. The molecule has 0 saturated carbocycles. The molecule has 0 aromatic carbocycles. The average Bonchev–Trinajstić information content (AvgIpc) is 2.29. The topological polar surface area (TPSA) is 41.6 Å². The Balaban J connectivity index is 2.24. The van der Waals surface area contributed by atoms with Gasteiger partial charge in [0.15, 0.2) is 0 Å². The van der Waals surface area contributed by atoms with E-state index in [1.807, 2.05) is 18.9 Å². The molecule has 1 unspecified atom stereocenters. The Morgan fingerprint density at radius 2 is 2.40 bits per heavy atom. The van der Waals surface area contributed by atoms with E-state index in [0.717, 1.165) is 25.9 Å². The average molecular weight is 214 g/mol. The first-order valence-electron chi connectivity index (χ1n) is 5.79. The number of carbonyl (C=O) groups excluding carboxylic acids is 1. The van der Waals surface area contributed by atoms with Crippen molar-refractivity contribution < 1.29 is 9.53 Å². The quantitative estimate of drug-likeness (QED) is 0.682. The van der Waals surface area contributed by atoms with Crippen molar-refractivity contribution in [2.75, 3.05) is 33.4 Å². The van der Waals surface area contributed by atoms with Crippen LogP contribution in [0.15, 0.2) is 0 Å². The maximum absolute atomic E-state index is 11.7. The Morgan fingerprint density at radius 3 is 3.00 bits per heavy atom. The van der Waals surface area contributed by atoms with Crippen LogP contribution in [0.1, 0.15) is 26.2 Å². The van der Waals surface area contributed by atoms with E-state index >= 15 is 0 Å². The van der Waals surface area contributed by atoms with E-state index in [1.165, 1.54) is 0 Å². The number of ether oxygens (including phenoxy) is 1. The fraction of sp³-hybridized carbons (Fsp3) is 0.909. The molecule has 1 amide bonds. The molecule has 1 aliphatic rings. The van der Waals surface area contributed by atoms with Gasteiger partial charge in [-0.05, 0) is 26.3 Å². The Bertz CT molecular complexity index is 191. The summed E-state index contributed by atoms with van der Waals surface area (Å²) >= 11 is 0. The van der Waals surface area contributed by atoms with Crippen LogP contribution in [-0.2, 0) is 9.53 Å². The monoisotopic (exact) mass is 214 g/mol. The lowest BCUT2D eigenvalue weighted by Crippen LogP contribution is -2.46. The van der Waals surface area contributed by atoms with Crippen LogP contribution in [0.5, 0.6) is 0 Å². The molecule has 0 aromatic heterocycles. The summed E-state index contributed by atoms with van der Waals surface area (Å²) in [7, 11) is 1.89. The van der Waals surface area contributed by atoms with Crippen molar-refractivity contribution >= 4 is 5.91 Å². The summed E-state index contributed by atoms with van der Waals surface area (Å²) in [5.74, 6) is 0.192. The molecule has 1 saturated heterocycles. The van der Waals surface area contributed by atoms with Crippen molar-refractivity contribution in [3.05, 3.63) is 0 Å². The second-order valence-electron chi connectivity index (χ2n) is 3.95. The van der Waals surface area contributed by atoms with Crippen LogP contribution in [0.2, 0.25) is 0 Å². The number of carbonyl (C=O) groups is 1. The Hall–Kier alpha value is -0.610. The lowest BCUT2D eigenvalue weighted by molar-refractivity contribution is -0.133. The molecule has 1 atom stereocenters. The number of hydrogen-bond acceptors (Lipinski definition) is 3. The second kappa shape index (κ2) is 6.80. The van der Waals surface area contributed by atoms with Crippen molar-refractivity contribution in [3.8, 4) is 0 Å². The minimum Gasteiger partial charge on any atom is -0.381 e. The van der Waals surface area contributed by atoms with Crippen LogP contribution in [0, 0.1) is 0 Å². The summed E-state index contributed by atoms with van der Waals surface area (Å²) in [5, 5.41) is 3.31. The molecule has 4 heteroatoms. The lowest BCUT2D eigenvalue weighted by atomic mass is 10.1. The molecule has 88 valence electrons. The van der Waals surface area contributed by atoms with Crippen LogP contribution in [0.4, 0.5) is 0 Å². The standard InChI is InChI=1S/C11H22N2O2/c1-3-15-8-6-11(14)13(2)10-5-4-7-12-9-10/h10,12H,3-9H2,1-2H3. The van der Waals surface area contributed by atoms with Gasteiger partial charge in [0.05, 0.1) is 13.0 Å². The second-order valence-corrected chi connectivity index (χ2v) is 3.95. The fourth-order valence-corrected chi connectivity index (χ4v) is 1.85. The number of hydrogen-bond donors (Lipinski definition) is 1. The molecule has 0 bridgehead atoms. The number of rotatable bonds is 5.